The first-order valence-corrected chi connectivity index (χ1v) is 8.83. The third-order valence-corrected chi connectivity index (χ3v) is 5.51. The zero-order valence-electron chi connectivity index (χ0n) is 14.1. The Morgan fingerprint density at radius 2 is 2.08 bits per heavy atom. The number of carbonyl (C=O) groups is 1. The summed E-state index contributed by atoms with van der Waals surface area (Å²) in [6.07, 6.45) is 3.61. The number of anilines is 1. The maximum Gasteiger partial charge on any atom is 0.258 e. The molecule has 0 aliphatic carbocycles. The van der Waals surface area contributed by atoms with E-state index in [1.165, 1.54) is 5.56 Å². The molecule has 0 radical (unpaired) electrons. The number of methoxy groups -OCH3 is 1. The van der Waals surface area contributed by atoms with Crippen molar-refractivity contribution in [1.29, 1.82) is 0 Å². The summed E-state index contributed by atoms with van der Waals surface area (Å²) in [5.41, 5.74) is 2.72. The number of fused-ring (bicyclic) bond motifs is 2. The van der Waals surface area contributed by atoms with Gasteiger partial charge in [-0.1, -0.05) is 11.6 Å². The molecule has 1 fully saturated rings. The van der Waals surface area contributed by atoms with E-state index in [1.54, 1.807) is 25.4 Å². The van der Waals surface area contributed by atoms with Gasteiger partial charge in [-0.05, 0) is 55.8 Å². The van der Waals surface area contributed by atoms with Crippen LogP contribution in [0.1, 0.15) is 28.8 Å². The normalized spacial score (nSPS) is 18.2. The van der Waals surface area contributed by atoms with Gasteiger partial charge in [0.15, 0.2) is 0 Å². The highest BCUT2D eigenvalue weighted by Crippen LogP contribution is 2.47. The monoisotopic (exact) mass is 357 g/mol. The number of rotatable bonds is 2. The molecule has 0 bridgehead atoms. The number of piperidine rings is 1. The van der Waals surface area contributed by atoms with E-state index in [2.05, 4.69) is 10.3 Å². The average Bonchev–Trinajstić information content (AvgIpc) is 2.95. The molecular formula is C19H20ClN3O2. The summed E-state index contributed by atoms with van der Waals surface area (Å²) in [7, 11) is 1.55. The van der Waals surface area contributed by atoms with Crippen molar-refractivity contribution >= 4 is 23.2 Å². The van der Waals surface area contributed by atoms with Crippen molar-refractivity contribution in [2.24, 2.45) is 0 Å². The molecule has 25 heavy (non-hydrogen) atoms. The van der Waals surface area contributed by atoms with Crippen LogP contribution in [0.3, 0.4) is 0 Å². The molecule has 0 atom stereocenters. The highest BCUT2D eigenvalue weighted by molar-refractivity contribution is 6.30. The Morgan fingerprint density at radius 3 is 2.84 bits per heavy atom. The number of amides is 1. The molecule has 1 aromatic heterocycles. The summed E-state index contributed by atoms with van der Waals surface area (Å²) >= 11 is 6.27. The van der Waals surface area contributed by atoms with Gasteiger partial charge in [-0.2, -0.15) is 0 Å². The standard InChI is InChI=1S/C19H20ClN3O2/c1-25-17-10-13(4-7-22-17)18(24)23-12-19(5-8-21-9-6-19)15-11-14(20)2-3-16(15)23/h2-4,7,10-11,21H,5-6,8-9,12H2,1H3. The van der Waals surface area contributed by atoms with E-state index >= 15 is 0 Å². The van der Waals surface area contributed by atoms with Crippen LogP contribution in [0, 0.1) is 0 Å². The van der Waals surface area contributed by atoms with Crippen molar-refractivity contribution in [2.45, 2.75) is 18.3 Å². The molecule has 0 unspecified atom stereocenters. The predicted molar refractivity (Wildman–Crippen MR) is 97.7 cm³/mol. The van der Waals surface area contributed by atoms with Gasteiger partial charge in [-0.15, -0.1) is 0 Å². The van der Waals surface area contributed by atoms with Crippen LogP contribution >= 0.6 is 11.6 Å². The highest BCUT2D eigenvalue weighted by atomic mass is 35.5. The molecular weight excluding hydrogens is 338 g/mol. The minimum atomic E-state index is -0.0281. The number of ether oxygens (including phenoxy) is 1. The first-order valence-electron chi connectivity index (χ1n) is 8.46. The van der Waals surface area contributed by atoms with Crippen molar-refractivity contribution in [3.8, 4) is 5.88 Å². The Hall–Kier alpha value is -2.11. The van der Waals surface area contributed by atoms with Crippen LogP contribution in [0.5, 0.6) is 5.88 Å². The number of nitrogens with zero attached hydrogens (tertiary/aromatic N) is 2. The van der Waals surface area contributed by atoms with Gasteiger partial charge >= 0.3 is 0 Å². The van der Waals surface area contributed by atoms with Gasteiger partial charge in [-0.3, -0.25) is 4.79 Å². The van der Waals surface area contributed by atoms with E-state index < -0.39 is 0 Å². The number of benzene rings is 1. The molecule has 1 aromatic carbocycles. The quantitative estimate of drug-likeness (QED) is 0.897. The lowest BCUT2D eigenvalue weighted by Crippen LogP contribution is -2.44. The third kappa shape index (κ3) is 2.77. The van der Waals surface area contributed by atoms with Gasteiger partial charge in [0.25, 0.3) is 5.91 Å². The lowest BCUT2D eigenvalue weighted by Gasteiger charge is -2.34. The van der Waals surface area contributed by atoms with E-state index in [0.717, 1.165) is 36.6 Å². The fourth-order valence-corrected chi connectivity index (χ4v) is 4.14. The Labute approximate surface area is 152 Å². The van der Waals surface area contributed by atoms with E-state index in [9.17, 15) is 4.79 Å². The van der Waals surface area contributed by atoms with Crippen LogP contribution < -0.4 is 15.0 Å². The van der Waals surface area contributed by atoms with Crippen LogP contribution in [0.15, 0.2) is 36.5 Å². The Morgan fingerprint density at radius 1 is 1.28 bits per heavy atom. The lowest BCUT2D eigenvalue weighted by molar-refractivity contribution is 0.0982. The number of hydrogen-bond donors (Lipinski definition) is 1. The average molecular weight is 358 g/mol. The minimum Gasteiger partial charge on any atom is -0.481 e. The Bertz CT molecular complexity index is 818. The molecule has 1 spiro atoms. The molecule has 6 heteroatoms. The number of hydrogen-bond acceptors (Lipinski definition) is 4. The fraction of sp³-hybridized carbons (Fsp3) is 0.368. The largest absolute Gasteiger partial charge is 0.481 e. The Kier molecular flexibility index (Phi) is 4.13. The summed E-state index contributed by atoms with van der Waals surface area (Å²) in [4.78, 5) is 19.2. The predicted octanol–water partition coefficient (Wildman–Crippen LogP) is 3.03. The first-order chi connectivity index (χ1) is 12.1. The first kappa shape index (κ1) is 16.4. The summed E-state index contributed by atoms with van der Waals surface area (Å²) in [6.45, 7) is 2.60. The van der Waals surface area contributed by atoms with E-state index in [1.807, 2.05) is 23.1 Å². The van der Waals surface area contributed by atoms with Gasteiger partial charge in [0.1, 0.15) is 0 Å². The van der Waals surface area contributed by atoms with Gasteiger partial charge in [0.05, 0.1) is 7.11 Å². The molecule has 2 aromatic rings. The summed E-state index contributed by atoms with van der Waals surface area (Å²) < 4.78 is 5.16. The van der Waals surface area contributed by atoms with Crippen molar-refractivity contribution in [3.63, 3.8) is 0 Å². The van der Waals surface area contributed by atoms with Gasteiger partial charge in [-0.25, -0.2) is 4.98 Å². The van der Waals surface area contributed by atoms with Crippen molar-refractivity contribution in [2.75, 3.05) is 31.6 Å². The van der Waals surface area contributed by atoms with Crippen molar-refractivity contribution in [3.05, 3.63) is 52.7 Å². The van der Waals surface area contributed by atoms with Crippen LogP contribution in [-0.2, 0) is 5.41 Å². The molecule has 130 valence electrons. The molecule has 1 amide bonds. The highest BCUT2D eigenvalue weighted by Gasteiger charge is 2.45. The minimum absolute atomic E-state index is 0.0156. The second-order valence-electron chi connectivity index (χ2n) is 6.67. The molecule has 1 N–H and O–H groups in total. The van der Waals surface area contributed by atoms with E-state index in [-0.39, 0.29) is 11.3 Å². The molecule has 4 rings (SSSR count). The molecule has 2 aliphatic heterocycles. The van der Waals surface area contributed by atoms with Crippen LogP contribution in [0.2, 0.25) is 5.02 Å². The molecule has 1 saturated heterocycles. The van der Waals surface area contributed by atoms with Crippen molar-refractivity contribution in [1.82, 2.24) is 10.3 Å². The number of pyridine rings is 1. The van der Waals surface area contributed by atoms with Gasteiger partial charge in [0, 0.05) is 40.5 Å². The molecule has 3 heterocycles. The van der Waals surface area contributed by atoms with E-state index in [4.69, 9.17) is 16.3 Å². The van der Waals surface area contributed by atoms with Gasteiger partial charge < -0.3 is 15.0 Å². The maximum atomic E-state index is 13.2. The topological polar surface area (TPSA) is 54.5 Å². The van der Waals surface area contributed by atoms with Crippen LogP contribution in [0.25, 0.3) is 0 Å². The zero-order chi connectivity index (χ0) is 17.4. The third-order valence-electron chi connectivity index (χ3n) is 5.28. The summed E-state index contributed by atoms with van der Waals surface area (Å²) in [5, 5.41) is 4.13. The van der Waals surface area contributed by atoms with Gasteiger partial charge in [0.2, 0.25) is 5.88 Å². The summed E-state index contributed by atoms with van der Waals surface area (Å²) in [6, 6.07) is 9.26. The smallest absolute Gasteiger partial charge is 0.258 e. The van der Waals surface area contributed by atoms with E-state index in [0.29, 0.717) is 18.0 Å². The number of halogens is 1. The summed E-state index contributed by atoms with van der Waals surface area (Å²) in [5.74, 6) is 0.414. The molecule has 0 saturated carbocycles. The zero-order valence-corrected chi connectivity index (χ0v) is 14.8. The maximum absolute atomic E-state index is 13.2. The molecule has 5 nitrogen and oxygen atoms in total. The second kappa shape index (κ2) is 6.32. The fourth-order valence-electron chi connectivity index (χ4n) is 3.97. The number of carbonyl (C=O) groups excluding carboxylic acids is 1. The lowest BCUT2D eigenvalue weighted by atomic mass is 9.75. The molecule has 2 aliphatic rings. The number of nitrogens with one attached hydrogen (secondary N) is 1. The van der Waals surface area contributed by atoms with Crippen LogP contribution in [-0.4, -0.2) is 37.6 Å². The SMILES string of the molecule is COc1cc(C(=O)N2CC3(CCNCC3)c3cc(Cl)ccc32)ccn1. The second-order valence-corrected chi connectivity index (χ2v) is 7.11. The number of aromatic nitrogens is 1. The Balaban J connectivity index is 1.75. The van der Waals surface area contributed by atoms with Crippen molar-refractivity contribution < 1.29 is 9.53 Å². The van der Waals surface area contributed by atoms with Crippen LogP contribution in [0.4, 0.5) is 5.69 Å².